The van der Waals surface area contributed by atoms with E-state index in [-0.39, 0.29) is 12.3 Å². The third-order valence-electron chi connectivity index (χ3n) is 3.59. The van der Waals surface area contributed by atoms with E-state index in [2.05, 4.69) is 5.32 Å². The Hall–Kier alpha value is -3.30. The molecule has 1 atom stereocenters. The Bertz CT molecular complexity index is 853. The van der Waals surface area contributed by atoms with E-state index in [1.807, 2.05) is 0 Å². The van der Waals surface area contributed by atoms with E-state index in [1.165, 1.54) is 31.2 Å². The molecule has 0 unspecified atom stereocenters. The Morgan fingerprint density at radius 3 is 2.39 bits per heavy atom. The lowest BCUT2D eigenvalue weighted by atomic mass is 10.1. The molecule has 0 heterocycles. The molecule has 0 spiro atoms. The number of carbonyl (C=O) groups is 1. The molecule has 2 aromatic carbocycles. The maximum Gasteiger partial charge on any atom is 0.416 e. The van der Waals surface area contributed by atoms with E-state index in [0.29, 0.717) is 17.5 Å². The highest BCUT2D eigenvalue weighted by Crippen LogP contribution is 2.36. The summed E-state index contributed by atoms with van der Waals surface area (Å²) in [5, 5.41) is 13.8. The average molecular weight is 398 g/mol. The number of rotatable bonds is 7. The summed E-state index contributed by atoms with van der Waals surface area (Å²) >= 11 is 0. The molecule has 0 bridgehead atoms. The van der Waals surface area contributed by atoms with Crippen LogP contribution >= 0.6 is 0 Å². The summed E-state index contributed by atoms with van der Waals surface area (Å²) in [6.07, 6.45) is -5.51. The Morgan fingerprint density at radius 1 is 1.21 bits per heavy atom. The second-order valence-electron chi connectivity index (χ2n) is 5.65. The summed E-state index contributed by atoms with van der Waals surface area (Å²) in [5.41, 5.74) is -1.52. The Balaban J connectivity index is 2.16. The van der Waals surface area contributed by atoms with Gasteiger partial charge in [-0.3, -0.25) is 10.1 Å². The number of ether oxygens (including phenoxy) is 2. The zero-order valence-corrected chi connectivity index (χ0v) is 14.9. The van der Waals surface area contributed by atoms with Crippen LogP contribution in [-0.4, -0.2) is 23.6 Å². The first-order chi connectivity index (χ1) is 13.1. The minimum Gasteiger partial charge on any atom is -0.479 e. The van der Waals surface area contributed by atoms with Crippen molar-refractivity contribution in [1.82, 2.24) is 0 Å². The first-order valence-electron chi connectivity index (χ1n) is 8.17. The van der Waals surface area contributed by atoms with E-state index < -0.39 is 34.4 Å². The summed E-state index contributed by atoms with van der Waals surface area (Å²) < 4.78 is 48.5. The van der Waals surface area contributed by atoms with Gasteiger partial charge < -0.3 is 14.8 Å². The molecule has 28 heavy (non-hydrogen) atoms. The second kappa shape index (κ2) is 8.59. The van der Waals surface area contributed by atoms with Crippen molar-refractivity contribution in [3.05, 3.63) is 58.1 Å². The highest BCUT2D eigenvalue weighted by Gasteiger charge is 2.33. The molecule has 0 amide bonds. The monoisotopic (exact) mass is 398 g/mol. The van der Waals surface area contributed by atoms with Crippen LogP contribution in [0.1, 0.15) is 19.4 Å². The SMILES string of the molecule is CCOC(=O)[C@H](C)Oc1ccc(Nc2ccc(C(F)(F)F)cc2[N+](=O)[O-])cc1. The molecule has 0 aliphatic rings. The van der Waals surface area contributed by atoms with Crippen LogP contribution in [0, 0.1) is 10.1 Å². The molecule has 0 fully saturated rings. The van der Waals surface area contributed by atoms with Crippen LogP contribution in [0.15, 0.2) is 42.5 Å². The number of halogens is 3. The summed E-state index contributed by atoms with van der Waals surface area (Å²) in [4.78, 5) is 21.8. The maximum absolute atomic E-state index is 12.8. The summed E-state index contributed by atoms with van der Waals surface area (Å²) in [7, 11) is 0. The number of hydrogen-bond donors (Lipinski definition) is 1. The van der Waals surface area contributed by atoms with Gasteiger partial charge in [0.25, 0.3) is 5.69 Å². The Labute approximate surface area is 158 Å². The standard InChI is InChI=1S/C18H17F3N2O5/c1-3-27-17(24)11(2)28-14-7-5-13(6-8-14)22-15-9-4-12(18(19,20)21)10-16(15)23(25)26/h4-11,22H,3H2,1-2H3/t11-/m0/s1. The zero-order valence-electron chi connectivity index (χ0n) is 14.9. The number of anilines is 2. The Morgan fingerprint density at radius 2 is 1.86 bits per heavy atom. The van der Waals surface area contributed by atoms with E-state index in [9.17, 15) is 28.1 Å². The van der Waals surface area contributed by atoms with Crippen molar-refractivity contribution < 1.29 is 32.4 Å². The molecule has 0 saturated carbocycles. The van der Waals surface area contributed by atoms with Crippen molar-refractivity contribution >= 4 is 23.0 Å². The molecular formula is C18H17F3N2O5. The lowest BCUT2D eigenvalue weighted by Gasteiger charge is -2.14. The van der Waals surface area contributed by atoms with Crippen molar-refractivity contribution in [3.8, 4) is 5.75 Å². The average Bonchev–Trinajstić information content (AvgIpc) is 2.62. The van der Waals surface area contributed by atoms with Gasteiger partial charge in [0.05, 0.1) is 17.1 Å². The Kier molecular flexibility index (Phi) is 6.45. The highest BCUT2D eigenvalue weighted by atomic mass is 19.4. The maximum atomic E-state index is 12.8. The normalized spacial score (nSPS) is 12.2. The molecule has 2 aromatic rings. The van der Waals surface area contributed by atoms with Crippen molar-refractivity contribution in [2.45, 2.75) is 26.1 Å². The van der Waals surface area contributed by atoms with E-state index in [1.54, 1.807) is 6.92 Å². The van der Waals surface area contributed by atoms with Gasteiger partial charge in [-0.15, -0.1) is 0 Å². The molecule has 2 rings (SSSR count). The van der Waals surface area contributed by atoms with Crippen molar-refractivity contribution in [2.75, 3.05) is 11.9 Å². The van der Waals surface area contributed by atoms with Gasteiger partial charge in [0.1, 0.15) is 11.4 Å². The predicted molar refractivity (Wildman–Crippen MR) is 94.5 cm³/mol. The molecule has 0 aromatic heterocycles. The van der Waals surface area contributed by atoms with Crippen molar-refractivity contribution in [1.29, 1.82) is 0 Å². The van der Waals surface area contributed by atoms with Gasteiger partial charge in [0, 0.05) is 11.8 Å². The van der Waals surface area contributed by atoms with Gasteiger partial charge in [-0.25, -0.2) is 4.79 Å². The number of nitrogens with zero attached hydrogens (tertiary/aromatic N) is 1. The van der Waals surface area contributed by atoms with Crippen LogP contribution < -0.4 is 10.1 Å². The highest BCUT2D eigenvalue weighted by molar-refractivity contribution is 5.74. The van der Waals surface area contributed by atoms with Crippen LogP contribution in [0.25, 0.3) is 0 Å². The predicted octanol–water partition coefficient (Wildman–Crippen LogP) is 4.69. The largest absolute Gasteiger partial charge is 0.479 e. The van der Waals surface area contributed by atoms with Gasteiger partial charge in [-0.2, -0.15) is 13.2 Å². The number of alkyl halides is 3. The van der Waals surface area contributed by atoms with E-state index >= 15 is 0 Å². The quantitative estimate of drug-likeness (QED) is 0.413. The summed E-state index contributed by atoms with van der Waals surface area (Å²) in [5.74, 6) is -0.168. The summed E-state index contributed by atoms with van der Waals surface area (Å²) in [6, 6.07) is 8.26. The molecule has 0 aliphatic heterocycles. The number of carbonyl (C=O) groups excluding carboxylic acids is 1. The van der Waals surface area contributed by atoms with Crippen LogP contribution in [0.3, 0.4) is 0 Å². The topological polar surface area (TPSA) is 90.7 Å². The van der Waals surface area contributed by atoms with Crippen molar-refractivity contribution in [2.24, 2.45) is 0 Å². The number of esters is 1. The lowest BCUT2D eigenvalue weighted by molar-refractivity contribution is -0.384. The number of hydrogen-bond acceptors (Lipinski definition) is 6. The fraction of sp³-hybridized carbons (Fsp3) is 0.278. The second-order valence-corrected chi connectivity index (χ2v) is 5.65. The molecule has 1 N–H and O–H groups in total. The van der Waals surface area contributed by atoms with Gasteiger partial charge in [0.15, 0.2) is 6.10 Å². The molecular weight excluding hydrogens is 381 g/mol. The van der Waals surface area contributed by atoms with E-state index in [4.69, 9.17) is 9.47 Å². The van der Waals surface area contributed by atoms with Gasteiger partial charge in [-0.1, -0.05) is 0 Å². The van der Waals surface area contributed by atoms with Crippen LogP contribution in [0.5, 0.6) is 5.75 Å². The number of nitro groups is 1. The number of benzene rings is 2. The van der Waals surface area contributed by atoms with Gasteiger partial charge in [0.2, 0.25) is 0 Å². The van der Waals surface area contributed by atoms with Crippen molar-refractivity contribution in [3.63, 3.8) is 0 Å². The molecule has 0 saturated heterocycles. The lowest BCUT2D eigenvalue weighted by Crippen LogP contribution is -2.26. The molecule has 0 aliphatic carbocycles. The smallest absolute Gasteiger partial charge is 0.416 e. The number of nitro benzene ring substituents is 1. The summed E-state index contributed by atoms with van der Waals surface area (Å²) in [6.45, 7) is 3.42. The van der Waals surface area contributed by atoms with Crippen LogP contribution in [0.4, 0.5) is 30.2 Å². The fourth-order valence-corrected chi connectivity index (χ4v) is 2.25. The third-order valence-corrected chi connectivity index (χ3v) is 3.59. The third kappa shape index (κ3) is 5.35. The fourth-order valence-electron chi connectivity index (χ4n) is 2.25. The molecule has 7 nitrogen and oxygen atoms in total. The van der Waals surface area contributed by atoms with Crippen LogP contribution in [-0.2, 0) is 15.7 Å². The minimum absolute atomic E-state index is 0.0911. The zero-order chi connectivity index (χ0) is 20.9. The molecule has 150 valence electrons. The molecule has 10 heteroatoms. The van der Waals surface area contributed by atoms with E-state index in [0.717, 1.165) is 12.1 Å². The first kappa shape index (κ1) is 21.0. The van der Waals surface area contributed by atoms with Gasteiger partial charge >= 0.3 is 12.1 Å². The number of nitrogens with one attached hydrogen (secondary N) is 1. The first-order valence-corrected chi connectivity index (χ1v) is 8.17. The minimum atomic E-state index is -4.68. The van der Waals surface area contributed by atoms with Crippen LogP contribution in [0.2, 0.25) is 0 Å². The molecule has 0 radical (unpaired) electrons. The van der Waals surface area contributed by atoms with Gasteiger partial charge in [-0.05, 0) is 50.2 Å².